The summed E-state index contributed by atoms with van der Waals surface area (Å²) in [4.78, 5) is 16.6. The first-order valence-electron chi connectivity index (χ1n) is 8.30. The fourth-order valence-electron chi connectivity index (χ4n) is 3.45. The lowest BCUT2D eigenvalue weighted by atomic mass is 10.0. The minimum atomic E-state index is -2.89. The predicted octanol–water partition coefficient (Wildman–Crippen LogP) is 0.951. The van der Waals surface area contributed by atoms with E-state index in [-0.39, 0.29) is 23.5 Å². The molecule has 2 aliphatic rings. The molecule has 5 nitrogen and oxygen atoms in total. The predicted molar refractivity (Wildman–Crippen MR) is 90.0 cm³/mol. The van der Waals surface area contributed by atoms with E-state index in [0.29, 0.717) is 19.6 Å². The molecule has 0 spiro atoms. The number of likely N-dealkylation sites (tertiary alicyclic amines) is 1. The van der Waals surface area contributed by atoms with Gasteiger partial charge < -0.3 is 4.90 Å². The lowest BCUT2D eigenvalue weighted by molar-refractivity contribution is -0.133. The Labute approximate surface area is 138 Å². The van der Waals surface area contributed by atoms with Crippen LogP contribution >= 0.6 is 0 Å². The van der Waals surface area contributed by atoms with Gasteiger partial charge in [-0.05, 0) is 24.8 Å². The Bertz CT molecular complexity index is 631. The van der Waals surface area contributed by atoms with Gasteiger partial charge in [0.25, 0.3) is 0 Å². The monoisotopic (exact) mass is 336 g/mol. The van der Waals surface area contributed by atoms with Gasteiger partial charge in [-0.2, -0.15) is 0 Å². The summed E-state index contributed by atoms with van der Waals surface area (Å²) in [6.07, 6.45) is 3.01. The average molecular weight is 336 g/mol. The van der Waals surface area contributed by atoms with Crippen molar-refractivity contribution in [2.24, 2.45) is 0 Å². The average Bonchev–Trinajstić information content (AvgIpc) is 2.99. The Kier molecular flexibility index (Phi) is 5.02. The van der Waals surface area contributed by atoms with Crippen LogP contribution in [0.25, 0.3) is 0 Å². The van der Waals surface area contributed by atoms with Crippen molar-refractivity contribution in [1.82, 2.24) is 9.80 Å². The van der Waals surface area contributed by atoms with Crippen molar-refractivity contribution < 1.29 is 13.2 Å². The molecule has 126 valence electrons. The van der Waals surface area contributed by atoms with Gasteiger partial charge in [-0.15, -0.1) is 0 Å². The van der Waals surface area contributed by atoms with Gasteiger partial charge in [0.15, 0.2) is 9.84 Å². The summed E-state index contributed by atoms with van der Waals surface area (Å²) in [6.45, 7) is 2.12. The number of amides is 1. The molecule has 2 heterocycles. The third-order valence-corrected chi connectivity index (χ3v) is 6.42. The van der Waals surface area contributed by atoms with Gasteiger partial charge in [0.05, 0.1) is 18.1 Å². The zero-order chi connectivity index (χ0) is 16.3. The van der Waals surface area contributed by atoms with Gasteiger partial charge in [-0.1, -0.05) is 30.3 Å². The zero-order valence-electron chi connectivity index (χ0n) is 13.4. The van der Waals surface area contributed by atoms with Crippen molar-refractivity contribution in [3.05, 3.63) is 35.9 Å². The molecule has 2 fully saturated rings. The maximum absolute atomic E-state index is 12.6. The van der Waals surface area contributed by atoms with E-state index in [1.54, 1.807) is 0 Å². The van der Waals surface area contributed by atoms with E-state index in [0.717, 1.165) is 25.8 Å². The van der Waals surface area contributed by atoms with Crippen LogP contribution in [0.1, 0.15) is 18.4 Å². The van der Waals surface area contributed by atoms with Crippen molar-refractivity contribution >= 4 is 15.7 Å². The number of carbonyl (C=O) groups is 1. The van der Waals surface area contributed by atoms with Crippen LogP contribution in [0.4, 0.5) is 0 Å². The van der Waals surface area contributed by atoms with Crippen LogP contribution in [0.2, 0.25) is 0 Å². The zero-order valence-corrected chi connectivity index (χ0v) is 14.2. The van der Waals surface area contributed by atoms with E-state index in [2.05, 4.69) is 12.1 Å². The van der Waals surface area contributed by atoms with Gasteiger partial charge >= 0.3 is 0 Å². The molecule has 0 bridgehead atoms. The lowest BCUT2D eigenvalue weighted by Gasteiger charge is -2.30. The fourth-order valence-corrected chi connectivity index (χ4v) is 4.73. The molecule has 2 aliphatic heterocycles. The van der Waals surface area contributed by atoms with Crippen molar-refractivity contribution in [2.75, 3.05) is 37.7 Å². The number of nitrogens with zero attached hydrogens (tertiary/aromatic N) is 2. The van der Waals surface area contributed by atoms with E-state index in [1.807, 2.05) is 28.0 Å². The minimum Gasteiger partial charge on any atom is -0.338 e. The van der Waals surface area contributed by atoms with Crippen LogP contribution in [0, 0.1) is 0 Å². The maximum Gasteiger partial charge on any atom is 0.237 e. The molecule has 3 rings (SSSR count). The van der Waals surface area contributed by atoms with Gasteiger partial charge in [0.2, 0.25) is 5.91 Å². The van der Waals surface area contributed by atoms with E-state index < -0.39 is 9.84 Å². The second-order valence-electron chi connectivity index (χ2n) is 6.50. The Morgan fingerprint density at radius 2 is 1.78 bits per heavy atom. The lowest BCUT2D eigenvalue weighted by Crippen LogP contribution is -2.48. The third-order valence-electron chi connectivity index (χ3n) is 4.81. The van der Waals surface area contributed by atoms with Crippen LogP contribution in [0.5, 0.6) is 0 Å². The Hall–Kier alpha value is -1.40. The topological polar surface area (TPSA) is 57.7 Å². The molecule has 23 heavy (non-hydrogen) atoms. The van der Waals surface area contributed by atoms with Gasteiger partial charge in [0, 0.05) is 25.7 Å². The summed E-state index contributed by atoms with van der Waals surface area (Å²) >= 11 is 0. The van der Waals surface area contributed by atoms with Crippen molar-refractivity contribution in [3.63, 3.8) is 0 Å². The highest BCUT2D eigenvalue weighted by atomic mass is 32.2. The Morgan fingerprint density at radius 1 is 1.09 bits per heavy atom. The standard InChI is InChI=1S/C17H24N2O3S/c20-17(14-18-9-11-23(21,22)12-10-18)19-8-4-7-16(19)13-15-5-2-1-3-6-15/h1-3,5-6,16H,4,7-14H2/t16-/m0/s1. The SMILES string of the molecule is O=C(CN1CCS(=O)(=O)CC1)N1CCC[C@H]1Cc1ccccc1. The molecule has 1 amide bonds. The number of carbonyl (C=O) groups excluding carboxylic acids is 1. The number of hydrogen-bond acceptors (Lipinski definition) is 4. The first-order valence-corrected chi connectivity index (χ1v) is 10.1. The highest BCUT2D eigenvalue weighted by Gasteiger charge is 2.31. The highest BCUT2D eigenvalue weighted by molar-refractivity contribution is 7.91. The van der Waals surface area contributed by atoms with Gasteiger partial charge in [-0.3, -0.25) is 9.69 Å². The molecule has 1 atom stereocenters. The van der Waals surface area contributed by atoms with Crippen molar-refractivity contribution in [1.29, 1.82) is 0 Å². The quantitative estimate of drug-likeness (QED) is 0.821. The molecule has 0 aromatic heterocycles. The molecule has 1 aromatic rings. The number of sulfone groups is 1. The number of rotatable bonds is 4. The molecule has 0 N–H and O–H groups in total. The first kappa shape index (κ1) is 16.5. The number of hydrogen-bond donors (Lipinski definition) is 0. The van der Waals surface area contributed by atoms with E-state index in [9.17, 15) is 13.2 Å². The normalized spacial score (nSPS) is 24.7. The highest BCUT2D eigenvalue weighted by Crippen LogP contribution is 2.21. The van der Waals surface area contributed by atoms with Crippen LogP contribution in [0.3, 0.4) is 0 Å². The third kappa shape index (κ3) is 4.32. The van der Waals surface area contributed by atoms with Crippen molar-refractivity contribution in [3.8, 4) is 0 Å². The molecule has 6 heteroatoms. The molecule has 0 saturated carbocycles. The summed E-state index contributed by atoms with van der Waals surface area (Å²) in [5.41, 5.74) is 1.27. The molecular formula is C17H24N2O3S. The molecular weight excluding hydrogens is 312 g/mol. The van der Waals surface area contributed by atoms with E-state index >= 15 is 0 Å². The smallest absolute Gasteiger partial charge is 0.237 e. The molecule has 0 radical (unpaired) electrons. The summed E-state index contributed by atoms with van der Waals surface area (Å²) in [7, 11) is -2.89. The van der Waals surface area contributed by atoms with E-state index in [1.165, 1.54) is 5.56 Å². The van der Waals surface area contributed by atoms with Crippen molar-refractivity contribution in [2.45, 2.75) is 25.3 Å². The minimum absolute atomic E-state index is 0.141. The van der Waals surface area contributed by atoms with Crippen LogP contribution in [0.15, 0.2) is 30.3 Å². The van der Waals surface area contributed by atoms with Crippen LogP contribution in [-0.2, 0) is 21.1 Å². The Balaban J connectivity index is 1.56. The van der Waals surface area contributed by atoms with E-state index in [4.69, 9.17) is 0 Å². The summed E-state index contributed by atoms with van der Waals surface area (Å²) in [5, 5.41) is 0. The molecule has 0 unspecified atom stereocenters. The Morgan fingerprint density at radius 3 is 2.48 bits per heavy atom. The van der Waals surface area contributed by atoms with Gasteiger partial charge in [-0.25, -0.2) is 8.42 Å². The number of benzene rings is 1. The summed E-state index contributed by atoms with van der Waals surface area (Å²) < 4.78 is 22.9. The van der Waals surface area contributed by atoms with Crippen LogP contribution in [-0.4, -0.2) is 67.9 Å². The fraction of sp³-hybridized carbons (Fsp3) is 0.588. The molecule has 1 aromatic carbocycles. The largest absolute Gasteiger partial charge is 0.338 e. The second kappa shape index (κ2) is 7.01. The molecule has 0 aliphatic carbocycles. The summed E-state index contributed by atoms with van der Waals surface area (Å²) in [5.74, 6) is 0.490. The summed E-state index contributed by atoms with van der Waals surface area (Å²) in [6, 6.07) is 10.6. The van der Waals surface area contributed by atoms with Gasteiger partial charge in [0.1, 0.15) is 0 Å². The second-order valence-corrected chi connectivity index (χ2v) is 8.80. The molecule has 2 saturated heterocycles. The first-order chi connectivity index (χ1) is 11.0. The maximum atomic E-state index is 12.6. The van der Waals surface area contributed by atoms with Crippen LogP contribution < -0.4 is 0 Å².